The summed E-state index contributed by atoms with van der Waals surface area (Å²) in [5.74, 6) is 0.498. The molecule has 1 aliphatic rings. The fraction of sp³-hybridized carbons (Fsp3) is 0.368. The number of carbonyl (C=O) groups is 2. The van der Waals surface area contributed by atoms with Gasteiger partial charge in [0.1, 0.15) is 18.4 Å². The molecule has 0 spiro atoms. The fourth-order valence-corrected chi connectivity index (χ4v) is 3.19. The average molecular weight is 377 g/mol. The number of nitrogens with zero attached hydrogens (tertiary/aromatic N) is 1. The van der Waals surface area contributed by atoms with Crippen molar-refractivity contribution in [2.75, 3.05) is 19.7 Å². The maximum absolute atomic E-state index is 12.5. The first-order valence-corrected chi connectivity index (χ1v) is 9.03. The van der Waals surface area contributed by atoms with Crippen LogP contribution in [-0.2, 0) is 4.79 Å². The summed E-state index contributed by atoms with van der Waals surface area (Å²) < 4.78 is 10.7. The maximum atomic E-state index is 12.5. The number of benzene rings is 1. The lowest BCUT2D eigenvalue weighted by atomic mass is 10.0. The predicted molar refractivity (Wildman–Crippen MR) is 97.3 cm³/mol. The third kappa shape index (κ3) is 4.58. The summed E-state index contributed by atoms with van der Waals surface area (Å²) in [5, 5.41) is 3.44. The molecule has 0 bridgehead atoms. The Hall–Kier alpha value is -2.47. The third-order valence-electron chi connectivity index (χ3n) is 4.26. The van der Waals surface area contributed by atoms with Gasteiger partial charge in [0.2, 0.25) is 5.91 Å². The molecule has 1 aromatic heterocycles. The number of nitrogens with one attached hydrogen (secondary N) is 1. The van der Waals surface area contributed by atoms with Crippen molar-refractivity contribution in [2.45, 2.75) is 25.3 Å². The van der Waals surface area contributed by atoms with E-state index in [0.717, 1.165) is 12.8 Å². The van der Waals surface area contributed by atoms with Crippen molar-refractivity contribution in [1.29, 1.82) is 0 Å². The van der Waals surface area contributed by atoms with Crippen LogP contribution in [0, 0.1) is 0 Å². The molecular formula is C19H21ClN2O4. The Morgan fingerprint density at radius 2 is 2.15 bits per heavy atom. The number of amides is 2. The van der Waals surface area contributed by atoms with Gasteiger partial charge in [0, 0.05) is 11.6 Å². The van der Waals surface area contributed by atoms with Crippen LogP contribution in [0.4, 0.5) is 0 Å². The lowest BCUT2D eigenvalue weighted by molar-refractivity contribution is -0.126. The molecule has 1 N–H and O–H groups in total. The van der Waals surface area contributed by atoms with Crippen molar-refractivity contribution in [3.8, 4) is 5.75 Å². The van der Waals surface area contributed by atoms with E-state index in [4.69, 9.17) is 20.8 Å². The molecule has 0 radical (unpaired) electrons. The van der Waals surface area contributed by atoms with Gasteiger partial charge in [-0.25, -0.2) is 0 Å². The molecule has 2 aromatic rings. The lowest BCUT2D eigenvalue weighted by Gasteiger charge is -2.34. The molecule has 0 aliphatic carbocycles. The van der Waals surface area contributed by atoms with Crippen LogP contribution in [0.1, 0.15) is 29.8 Å². The van der Waals surface area contributed by atoms with Crippen molar-refractivity contribution in [2.24, 2.45) is 0 Å². The van der Waals surface area contributed by atoms with Crippen molar-refractivity contribution >= 4 is 23.4 Å². The zero-order valence-corrected chi connectivity index (χ0v) is 15.1. The van der Waals surface area contributed by atoms with Gasteiger partial charge in [0.25, 0.3) is 5.91 Å². The molecule has 1 fully saturated rings. The first kappa shape index (κ1) is 18.3. The molecule has 7 heteroatoms. The Morgan fingerprint density at radius 1 is 1.27 bits per heavy atom. The van der Waals surface area contributed by atoms with Gasteiger partial charge < -0.3 is 19.4 Å². The number of ether oxygens (including phenoxy) is 1. The quantitative estimate of drug-likeness (QED) is 0.786. The summed E-state index contributed by atoms with van der Waals surface area (Å²) in [4.78, 5) is 26.7. The summed E-state index contributed by atoms with van der Waals surface area (Å²) in [6.45, 7) is 1.23. The Labute approximate surface area is 157 Å². The summed E-state index contributed by atoms with van der Waals surface area (Å²) in [6.07, 6.45) is 3.90. The second kappa shape index (κ2) is 8.76. The summed E-state index contributed by atoms with van der Waals surface area (Å²) in [6, 6.07) is 9.89. The minimum absolute atomic E-state index is 0.167. The SMILES string of the molecule is O=C(NCCOc1cccc(Cl)c1)C1CCCCN1C(=O)c1ccco1. The van der Waals surface area contributed by atoms with E-state index in [-0.39, 0.29) is 17.6 Å². The van der Waals surface area contributed by atoms with E-state index < -0.39 is 6.04 Å². The van der Waals surface area contributed by atoms with Crippen molar-refractivity contribution < 1.29 is 18.7 Å². The second-order valence-corrected chi connectivity index (χ2v) is 6.52. The average Bonchev–Trinajstić information content (AvgIpc) is 3.19. The first-order valence-electron chi connectivity index (χ1n) is 8.66. The Kier molecular flexibility index (Phi) is 6.17. The molecule has 26 heavy (non-hydrogen) atoms. The van der Waals surface area contributed by atoms with Crippen LogP contribution in [0.25, 0.3) is 0 Å². The molecule has 1 saturated heterocycles. The molecule has 6 nitrogen and oxygen atoms in total. The zero-order valence-electron chi connectivity index (χ0n) is 14.3. The Morgan fingerprint density at radius 3 is 2.92 bits per heavy atom. The Bertz CT molecular complexity index is 748. The molecule has 1 aliphatic heterocycles. The molecule has 1 unspecified atom stereocenters. The van der Waals surface area contributed by atoms with E-state index >= 15 is 0 Å². The van der Waals surface area contributed by atoms with E-state index in [9.17, 15) is 9.59 Å². The normalized spacial score (nSPS) is 17.0. The monoisotopic (exact) mass is 376 g/mol. The number of furan rings is 1. The molecule has 0 saturated carbocycles. The van der Waals surface area contributed by atoms with Crippen LogP contribution >= 0.6 is 11.6 Å². The van der Waals surface area contributed by atoms with Gasteiger partial charge in [-0.1, -0.05) is 17.7 Å². The third-order valence-corrected chi connectivity index (χ3v) is 4.50. The zero-order chi connectivity index (χ0) is 18.4. The number of halogens is 1. The topological polar surface area (TPSA) is 71.8 Å². The number of piperidine rings is 1. The van der Waals surface area contributed by atoms with Gasteiger partial charge in [0.15, 0.2) is 5.76 Å². The van der Waals surface area contributed by atoms with Gasteiger partial charge in [0.05, 0.1) is 12.8 Å². The van der Waals surface area contributed by atoms with E-state index in [1.54, 1.807) is 41.3 Å². The lowest BCUT2D eigenvalue weighted by Crippen LogP contribution is -2.52. The molecule has 1 atom stereocenters. The smallest absolute Gasteiger partial charge is 0.290 e. The Balaban J connectivity index is 1.51. The molecule has 138 valence electrons. The standard InChI is InChI=1S/C19H21ClN2O4/c20-14-5-3-6-15(13-14)25-12-9-21-18(23)16-7-1-2-10-22(16)19(24)17-8-4-11-26-17/h3-6,8,11,13,16H,1-2,7,9-10,12H2,(H,21,23). The molecule has 3 rings (SSSR count). The van der Waals surface area contributed by atoms with Crippen molar-refractivity contribution in [1.82, 2.24) is 10.2 Å². The van der Waals surface area contributed by atoms with Crippen LogP contribution < -0.4 is 10.1 Å². The van der Waals surface area contributed by atoms with Crippen molar-refractivity contribution in [3.05, 3.63) is 53.4 Å². The number of hydrogen-bond acceptors (Lipinski definition) is 4. The van der Waals surface area contributed by atoms with Gasteiger partial charge in [-0.15, -0.1) is 0 Å². The van der Waals surface area contributed by atoms with E-state index in [1.165, 1.54) is 6.26 Å². The number of hydrogen-bond donors (Lipinski definition) is 1. The van der Waals surface area contributed by atoms with Gasteiger partial charge >= 0.3 is 0 Å². The summed E-state index contributed by atoms with van der Waals surface area (Å²) in [5.41, 5.74) is 0. The van der Waals surface area contributed by atoms with Gasteiger partial charge in [-0.05, 0) is 49.6 Å². The molecule has 2 amide bonds. The maximum Gasteiger partial charge on any atom is 0.290 e. The van der Waals surface area contributed by atoms with E-state index in [1.807, 2.05) is 0 Å². The van der Waals surface area contributed by atoms with Gasteiger partial charge in [-0.2, -0.15) is 0 Å². The highest BCUT2D eigenvalue weighted by Gasteiger charge is 2.33. The fourth-order valence-electron chi connectivity index (χ4n) is 3.01. The number of likely N-dealkylation sites (tertiary alicyclic amines) is 1. The van der Waals surface area contributed by atoms with Crippen molar-refractivity contribution in [3.63, 3.8) is 0 Å². The predicted octanol–water partition coefficient (Wildman–Crippen LogP) is 3.12. The summed E-state index contributed by atoms with van der Waals surface area (Å²) >= 11 is 5.90. The van der Waals surface area contributed by atoms with Gasteiger partial charge in [-0.3, -0.25) is 9.59 Å². The first-order chi connectivity index (χ1) is 12.6. The molecule has 2 heterocycles. The minimum atomic E-state index is -0.479. The molecule has 1 aromatic carbocycles. The highest BCUT2D eigenvalue weighted by atomic mass is 35.5. The largest absolute Gasteiger partial charge is 0.492 e. The second-order valence-electron chi connectivity index (χ2n) is 6.08. The van der Waals surface area contributed by atoms with E-state index in [0.29, 0.717) is 36.9 Å². The molecular weight excluding hydrogens is 356 g/mol. The van der Waals surface area contributed by atoms with Crippen LogP contribution in [0.15, 0.2) is 47.1 Å². The van der Waals surface area contributed by atoms with Crippen LogP contribution in [-0.4, -0.2) is 42.5 Å². The summed E-state index contributed by atoms with van der Waals surface area (Å²) in [7, 11) is 0. The highest BCUT2D eigenvalue weighted by Crippen LogP contribution is 2.20. The van der Waals surface area contributed by atoms with Crippen LogP contribution in [0.2, 0.25) is 5.02 Å². The van der Waals surface area contributed by atoms with Crippen LogP contribution in [0.3, 0.4) is 0 Å². The minimum Gasteiger partial charge on any atom is -0.492 e. The highest BCUT2D eigenvalue weighted by molar-refractivity contribution is 6.30. The number of rotatable bonds is 6. The van der Waals surface area contributed by atoms with E-state index in [2.05, 4.69) is 5.32 Å². The number of carbonyl (C=O) groups excluding carboxylic acids is 2. The van der Waals surface area contributed by atoms with Crippen LogP contribution in [0.5, 0.6) is 5.75 Å².